The quantitative estimate of drug-likeness (QED) is 0.808. The van der Waals surface area contributed by atoms with E-state index in [1.807, 2.05) is 6.20 Å². The fraction of sp³-hybridized carbons (Fsp3) is 0.706. The van der Waals surface area contributed by atoms with Crippen molar-refractivity contribution in [3.63, 3.8) is 0 Å². The highest BCUT2D eigenvalue weighted by molar-refractivity contribution is 5.14. The van der Waals surface area contributed by atoms with Crippen LogP contribution in [0, 0.1) is 5.92 Å². The summed E-state index contributed by atoms with van der Waals surface area (Å²) < 4.78 is 0. The lowest BCUT2D eigenvalue weighted by atomic mass is 10.0. The van der Waals surface area contributed by atoms with Crippen molar-refractivity contribution in [2.24, 2.45) is 5.92 Å². The molecule has 1 unspecified atom stereocenters. The summed E-state index contributed by atoms with van der Waals surface area (Å²) >= 11 is 0. The third-order valence-corrected chi connectivity index (χ3v) is 4.14. The predicted octanol–water partition coefficient (Wildman–Crippen LogP) is 3.20. The molecule has 0 saturated carbocycles. The number of likely N-dealkylation sites (tertiary alicyclic amines) is 1. The maximum atomic E-state index is 4.62. The predicted molar refractivity (Wildman–Crippen MR) is 84.5 cm³/mol. The normalized spacial score (nSPS) is 20.8. The van der Waals surface area contributed by atoms with Gasteiger partial charge in [-0.05, 0) is 62.9 Å². The summed E-state index contributed by atoms with van der Waals surface area (Å²) in [5, 5.41) is 3.41. The summed E-state index contributed by atoms with van der Waals surface area (Å²) in [6.07, 6.45) is 7.25. The summed E-state index contributed by atoms with van der Waals surface area (Å²) in [5.74, 6) is 0.889. The molecule has 2 rings (SSSR count). The van der Waals surface area contributed by atoms with Gasteiger partial charge in [0.05, 0.1) is 5.69 Å². The fourth-order valence-corrected chi connectivity index (χ4v) is 2.77. The highest BCUT2D eigenvalue weighted by atomic mass is 15.1. The van der Waals surface area contributed by atoms with Crippen molar-refractivity contribution in [3.8, 4) is 0 Å². The van der Waals surface area contributed by atoms with Crippen LogP contribution in [-0.2, 0) is 13.1 Å². The van der Waals surface area contributed by atoms with Crippen LogP contribution in [0.5, 0.6) is 0 Å². The van der Waals surface area contributed by atoms with E-state index in [4.69, 9.17) is 0 Å². The van der Waals surface area contributed by atoms with Crippen molar-refractivity contribution < 1.29 is 0 Å². The highest BCUT2D eigenvalue weighted by Gasteiger charge is 2.14. The lowest BCUT2D eigenvalue weighted by Crippen LogP contribution is -2.24. The molecule has 3 heteroatoms. The molecular weight excluding hydrogens is 246 g/mol. The zero-order valence-electron chi connectivity index (χ0n) is 13.1. The van der Waals surface area contributed by atoms with Crippen LogP contribution in [0.4, 0.5) is 0 Å². The highest BCUT2D eigenvalue weighted by Crippen LogP contribution is 2.17. The van der Waals surface area contributed by atoms with Gasteiger partial charge >= 0.3 is 0 Å². The number of hydrogen-bond acceptors (Lipinski definition) is 3. The number of nitrogens with zero attached hydrogens (tertiary/aromatic N) is 2. The van der Waals surface area contributed by atoms with Gasteiger partial charge < -0.3 is 5.32 Å². The minimum Gasteiger partial charge on any atom is -0.313 e. The largest absolute Gasteiger partial charge is 0.313 e. The molecule has 1 aliphatic heterocycles. The third-order valence-electron chi connectivity index (χ3n) is 4.14. The molecule has 1 saturated heterocycles. The van der Waals surface area contributed by atoms with Crippen molar-refractivity contribution in [2.45, 2.75) is 52.6 Å². The molecule has 0 radical (unpaired) electrons. The standard InChI is InChI=1S/C17H29N3/c1-3-9-18-12-16-6-7-17(19-13-16)14-20-10-4-5-15(2)8-11-20/h6-7,13,15,18H,3-5,8-12,14H2,1-2H3. The van der Waals surface area contributed by atoms with Crippen LogP contribution in [-0.4, -0.2) is 29.5 Å². The number of pyridine rings is 1. The second-order valence-corrected chi connectivity index (χ2v) is 6.15. The summed E-state index contributed by atoms with van der Waals surface area (Å²) in [7, 11) is 0. The van der Waals surface area contributed by atoms with Gasteiger partial charge in [0.2, 0.25) is 0 Å². The number of rotatable bonds is 6. The van der Waals surface area contributed by atoms with Crippen LogP contribution in [0.15, 0.2) is 18.3 Å². The van der Waals surface area contributed by atoms with E-state index in [2.05, 4.69) is 41.2 Å². The van der Waals surface area contributed by atoms with Crippen LogP contribution in [0.3, 0.4) is 0 Å². The van der Waals surface area contributed by atoms with Gasteiger partial charge in [0.25, 0.3) is 0 Å². The van der Waals surface area contributed by atoms with E-state index in [0.717, 1.165) is 25.6 Å². The Bertz CT molecular complexity index is 374. The van der Waals surface area contributed by atoms with Crippen LogP contribution in [0.2, 0.25) is 0 Å². The fourth-order valence-electron chi connectivity index (χ4n) is 2.77. The summed E-state index contributed by atoms with van der Waals surface area (Å²) in [5.41, 5.74) is 2.49. The molecule has 112 valence electrons. The Morgan fingerprint density at radius 2 is 2.20 bits per heavy atom. The summed E-state index contributed by atoms with van der Waals surface area (Å²) in [6.45, 7) is 10.0. The molecule has 0 spiro atoms. The van der Waals surface area contributed by atoms with Gasteiger partial charge in [-0.25, -0.2) is 0 Å². The van der Waals surface area contributed by atoms with E-state index in [9.17, 15) is 0 Å². The minimum absolute atomic E-state index is 0.889. The lowest BCUT2D eigenvalue weighted by molar-refractivity contribution is 0.270. The maximum Gasteiger partial charge on any atom is 0.0544 e. The van der Waals surface area contributed by atoms with E-state index in [0.29, 0.717) is 0 Å². The van der Waals surface area contributed by atoms with E-state index < -0.39 is 0 Å². The first-order chi connectivity index (χ1) is 9.78. The minimum atomic E-state index is 0.889. The Labute approximate surface area is 123 Å². The number of hydrogen-bond donors (Lipinski definition) is 1. The van der Waals surface area contributed by atoms with E-state index in [-0.39, 0.29) is 0 Å². The Morgan fingerprint density at radius 3 is 2.95 bits per heavy atom. The molecule has 20 heavy (non-hydrogen) atoms. The van der Waals surface area contributed by atoms with E-state index in [1.54, 1.807) is 0 Å². The van der Waals surface area contributed by atoms with Crippen molar-refractivity contribution in [1.29, 1.82) is 0 Å². The van der Waals surface area contributed by atoms with Crippen molar-refractivity contribution >= 4 is 0 Å². The van der Waals surface area contributed by atoms with Gasteiger partial charge in [-0.15, -0.1) is 0 Å². The Balaban J connectivity index is 1.80. The van der Waals surface area contributed by atoms with Crippen LogP contribution in [0.1, 0.15) is 50.8 Å². The molecule has 2 heterocycles. The van der Waals surface area contributed by atoms with Gasteiger partial charge in [0.1, 0.15) is 0 Å². The van der Waals surface area contributed by atoms with Gasteiger partial charge in [0, 0.05) is 19.3 Å². The molecular formula is C17H29N3. The van der Waals surface area contributed by atoms with Crippen molar-refractivity contribution in [2.75, 3.05) is 19.6 Å². The Morgan fingerprint density at radius 1 is 1.30 bits per heavy atom. The lowest BCUT2D eigenvalue weighted by Gasteiger charge is -2.19. The number of nitrogens with one attached hydrogen (secondary N) is 1. The molecule has 1 aromatic rings. The molecule has 1 atom stereocenters. The molecule has 1 aromatic heterocycles. The van der Waals surface area contributed by atoms with E-state index >= 15 is 0 Å². The molecule has 0 aliphatic carbocycles. The topological polar surface area (TPSA) is 28.2 Å². The van der Waals surface area contributed by atoms with Gasteiger partial charge in [0.15, 0.2) is 0 Å². The van der Waals surface area contributed by atoms with Crippen LogP contribution >= 0.6 is 0 Å². The second kappa shape index (κ2) is 8.38. The first-order valence-corrected chi connectivity index (χ1v) is 8.15. The number of aromatic nitrogens is 1. The SMILES string of the molecule is CCCNCc1ccc(CN2CCCC(C)CC2)nc1. The maximum absolute atomic E-state index is 4.62. The van der Waals surface area contributed by atoms with Crippen LogP contribution in [0.25, 0.3) is 0 Å². The molecule has 3 nitrogen and oxygen atoms in total. The van der Waals surface area contributed by atoms with Gasteiger partial charge in [-0.3, -0.25) is 9.88 Å². The smallest absolute Gasteiger partial charge is 0.0544 e. The molecule has 1 N–H and O–H groups in total. The first-order valence-electron chi connectivity index (χ1n) is 8.15. The Hall–Kier alpha value is -0.930. The summed E-state index contributed by atoms with van der Waals surface area (Å²) in [6, 6.07) is 4.41. The summed E-state index contributed by atoms with van der Waals surface area (Å²) in [4.78, 5) is 7.18. The first kappa shape index (κ1) is 15.5. The molecule has 0 bridgehead atoms. The zero-order chi connectivity index (χ0) is 14.2. The van der Waals surface area contributed by atoms with Crippen molar-refractivity contribution in [3.05, 3.63) is 29.6 Å². The average Bonchev–Trinajstić information content (AvgIpc) is 2.66. The molecule has 0 aromatic carbocycles. The van der Waals surface area contributed by atoms with Crippen LogP contribution < -0.4 is 5.32 Å². The Kier molecular flexibility index (Phi) is 6.48. The zero-order valence-corrected chi connectivity index (χ0v) is 13.1. The van der Waals surface area contributed by atoms with Gasteiger partial charge in [-0.1, -0.05) is 19.9 Å². The third kappa shape index (κ3) is 5.22. The van der Waals surface area contributed by atoms with Gasteiger partial charge in [-0.2, -0.15) is 0 Å². The monoisotopic (exact) mass is 275 g/mol. The van der Waals surface area contributed by atoms with Crippen molar-refractivity contribution in [1.82, 2.24) is 15.2 Å². The molecule has 1 aliphatic rings. The van der Waals surface area contributed by atoms with E-state index in [1.165, 1.54) is 50.0 Å². The average molecular weight is 275 g/mol. The second-order valence-electron chi connectivity index (χ2n) is 6.15. The molecule has 1 fully saturated rings. The molecule has 0 amide bonds.